The molecule has 6 heteroatoms. The van der Waals surface area contributed by atoms with Crippen molar-refractivity contribution in [2.75, 3.05) is 13.2 Å². The molecular weight excluding hydrogens is 709 g/mol. The van der Waals surface area contributed by atoms with Crippen molar-refractivity contribution in [1.82, 2.24) is 0 Å². The average Bonchev–Trinajstić information content (AvgIpc) is 3.21. The molecule has 0 saturated heterocycles. The third-order valence-corrected chi connectivity index (χ3v) is 9.12. The van der Waals surface area contributed by atoms with Crippen LogP contribution in [0.15, 0.2) is 97.2 Å². The van der Waals surface area contributed by atoms with Gasteiger partial charge < -0.3 is 14.2 Å². The number of ether oxygens (including phenoxy) is 3. The second-order valence-corrected chi connectivity index (χ2v) is 14.6. The highest BCUT2D eigenvalue weighted by Crippen LogP contribution is 2.14. The van der Waals surface area contributed by atoms with E-state index in [1.807, 2.05) is 6.08 Å². The van der Waals surface area contributed by atoms with Crippen molar-refractivity contribution in [2.24, 2.45) is 0 Å². The van der Waals surface area contributed by atoms with E-state index in [9.17, 15) is 14.4 Å². The molecule has 1 atom stereocenters. The van der Waals surface area contributed by atoms with E-state index in [2.05, 4.69) is 106 Å². The third-order valence-electron chi connectivity index (χ3n) is 9.12. The fourth-order valence-electron chi connectivity index (χ4n) is 5.77. The minimum absolute atomic E-state index is 0.124. The first-order valence-corrected chi connectivity index (χ1v) is 22.7. The maximum atomic E-state index is 12.7. The monoisotopic (exact) mass is 791 g/mol. The first-order chi connectivity index (χ1) is 28.0. The summed E-state index contributed by atoms with van der Waals surface area (Å²) >= 11 is 0. The third kappa shape index (κ3) is 43.3. The van der Waals surface area contributed by atoms with Crippen molar-refractivity contribution in [3.63, 3.8) is 0 Å². The molecule has 0 N–H and O–H groups in total. The summed E-state index contributed by atoms with van der Waals surface area (Å²) in [4.78, 5) is 37.6. The lowest BCUT2D eigenvalue weighted by Crippen LogP contribution is -2.30. The van der Waals surface area contributed by atoms with Crippen LogP contribution in [0.3, 0.4) is 0 Å². The lowest BCUT2D eigenvalue weighted by atomic mass is 10.0. The zero-order valence-electron chi connectivity index (χ0n) is 36.6. The molecule has 0 saturated carbocycles. The van der Waals surface area contributed by atoms with Gasteiger partial charge in [0.05, 0.1) is 6.42 Å². The van der Waals surface area contributed by atoms with Crippen molar-refractivity contribution < 1.29 is 28.6 Å². The first-order valence-electron chi connectivity index (χ1n) is 22.7. The highest BCUT2D eigenvalue weighted by atomic mass is 16.6. The molecule has 0 aliphatic heterocycles. The molecule has 0 rings (SSSR count). The summed E-state index contributed by atoms with van der Waals surface area (Å²) in [6.45, 7) is 6.23. The van der Waals surface area contributed by atoms with Crippen LogP contribution in [0.4, 0.5) is 0 Å². The van der Waals surface area contributed by atoms with Crippen LogP contribution in [0.5, 0.6) is 0 Å². The Bertz CT molecular complexity index is 1180. The molecule has 0 spiro atoms. The zero-order valence-corrected chi connectivity index (χ0v) is 36.6. The van der Waals surface area contributed by atoms with E-state index in [0.717, 1.165) is 77.0 Å². The lowest BCUT2D eigenvalue weighted by Gasteiger charge is -2.18. The van der Waals surface area contributed by atoms with Gasteiger partial charge in [-0.3, -0.25) is 14.4 Å². The molecule has 6 nitrogen and oxygen atoms in total. The molecule has 1 unspecified atom stereocenters. The number of carbonyl (C=O) groups excluding carboxylic acids is 3. The van der Waals surface area contributed by atoms with E-state index >= 15 is 0 Å². The van der Waals surface area contributed by atoms with Gasteiger partial charge >= 0.3 is 17.9 Å². The highest BCUT2D eigenvalue weighted by molar-refractivity contribution is 5.72. The van der Waals surface area contributed by atoms with Gasteiger partial charge in [-0.25, -0.2) is 0 Å². The Hall–Kier alpha value is -3.67. The van der Waals surface area contributed by atoms with Crippen LogP contribution in [0, 0.1) is 0 Å². The molecule has 0 heterocycles. The molecular formula is C51H82O6. The highest BCUT2D eigenvalue weighted by Gasteiger charge is 2.19. The van der Waals surface area contributed by atoms with Gasteiger partial charge in [-0.05, 0) is 70.6 Å². The number of unbranched alkanes of at least 4 members (excludes halogenated alkanes) is 13. The van der Waals surface area contributed by atoms with Crippen molar-refractivity contribution in [3.8, 4) is 0 Å². The summed E-state index contributed by atoms with van der Waals surface area (Å²) in [5, 5.41) is 0. The molecule has 0 radical (unpaired) electrons. The molecule has 0 aliphatic carbocycles. The molecule has 0 amide bonds. The second kappa shape index (κ2) is 45.0. The average molecular weight is 791 g/mol. The largest absolute Gasteiger partial charge is 0.462 e. The normalized spacial score (nSPS) is 13.0. The van der Waals surface area contributed by atoms with Gasteiger partial charge in [0.15, 0.2) is 6.10 Å². The van der Waals surface area contributed by atoms with Gasteiger partial charge in [-0.1, -0.05) is 195 Å². The maximum absolute atomic E-state index is 12.7. The summed E-state index contributed by atoms with van der Waals surface area (Å²) in [7, 11) is 0. The molecule has 0 bridgehead atoms. The van der Waals surface area contributed by atoms with E-state index in [1.54, 1.807) is 6.08 Å². The van der Waals surface area contributed by atoms with E-state index in [1.165, 1.54) is 64.2 Å². The number of carbonyl (C=O) groups is 3. The predicted molar refractivity (Wildman–Crippen MR) is 242 cm³/mol. The lowest BCUT2D eigenvalue weighted by molar-refractivity contribution is -0.166. The summed E-state index contributed by atoms with van der Waals surface area (Å²) < 4.78 is 16.5. The van der Waals surface area contributed by atoms with Crippen LogP contribution in [-0.2, 0) is 28.6 Å². The number of hydrogen-bond donors (Lipinski definition) is 0. The van der Waals surface area contributed by atoms with Gasteiger partial charge in [0.1, 0.15) is 13.2 Å². The number of hydrogen-bond acceptors (Lipinski definition) is 6. The SMILES string of the molecule is CC/C=C\C/C=C\C/C=C\C/C=C\C/C=C\CCCC(=O)OCC(COC(=O)C/C=C\C/C=C\C/C=C\CC)OC(=O)CCCCCCCCCCCCCCC. The van der Waals surface area contributed by atoms with Crippen LogP contribution < -0.4 is 0 Å². The summed E-state index contributed by atoms with van der Waals surface area (Å²) in [6.07, 6.45) is 58.6. The van der Waals surface area contributed by atoms with Gasteiger partial charge in [0.2, 0.25) is 0 Å². The minimum atomic E-state index is -0.832. The van der Waals surface area contributed by atoms with E-state index in [-0.39, 0.29) is 38.0 Å². The molecule has 57 heavy (non-hydrogen) atoms. The fourth-order valence-corrected chi connectivity index (χ4v) is 5.77. The van der Waals surface area contributed by atoms with Crippen LogP contribution in [0.25, 0.3) is 0 Å². The predicted octanol–water partition coefficient (Wildman–Crippen LogP) is 14.6. The summed E-state index contributed by atoms with van der Waals surface area (Å²) in [5.74, 6) is -1.12. The summed E-state index contributed by atoms with van der Waals surface area (Å²) in [6, 6.07) is 0. The Morgan fingerprint density at radius 2 is 0.754 bits per heavy atom. The van der Waals surface area contributed by atoms with Crippen LogP contribution in [-0.4, -0.2) is 37.2 Å². The van der Waals surface area contributed by atoms with E-state index < -0.39 is 12.1 Å². The van der Waals surface area contributed by atoms with Crippen molar-refractivity contribution >= 4 is 17.9 Å². The molecule has 0 aromatic rings. The van der Waals surface area contributed by atoms with Crippen LogP contribution in [0.2, 0.25) is 0 Å². The van der Waals surface area contributed by atoms with E-state index in [4.69, 9.17) is 14.2 Å². The molecule has 0 aliphatic rings. The molecule has 322 valence electrons. The van der Waals surface area contributed by atoms with E-state index in [0.29, 0.717) is 12.8 Å². The standard InChI is InChI=1S/C51H82O6/c1-4-7-10-13-16-19-21-23-24-25-26-28-29-32-35-38-41-44-50(53)56-47-48(46-55-49(52)43-40-37-34-31-18-15-12-9-6-3)57-51(54)45-42-39-36-33-30-27-22-20-17-14-11-8-5-2/h7,9-10,12,16,18-19,23-24,26,28,31-32,35,37,40,48H,4-6,8,11,13-15,17,20-22,25,27,29-30,33-34,36,38-39,41-47H2,1-3H3/b10-7-,12-9-,19-16-,24-23-,28-26-,31-18-,35-32-,40-37-. The maximum Gasteiger partial charge on any atom is 0.309 e. The van der Waals surface area contributed by atoms with Crippen molar-refractivity contribution in [3.05, 3.63) is 97.2 Å². The van der Waals surface area contributed by atoms with Gasteiger partial charge in [0.25, 0.3) is 0 Å². The molecule has 0 aromatic heterocycles. The molecule has 0 fully saturated rings. The quantitative estimate of drug-likeness (QED) is 0.0267. The first kappa shape index (κ1) is 53.3. The molecule has 0 aromatic carbocycles. The van der Waals surface area contributed by atoms with Gasteiger partial charge in [-0.2, -0.15) is 0 Å². The van der Waals surface area contributed by atoms with Crippen LogP contribution in [0.1, 0.15) is 188 Å². The Kier molecular flexibility index (Phi) is 42.1. The van der Waals surface area contributed by atoms with Crippen LogP contribution >= 0.6 is 0 Å². The van der Waals surface area contributed by atoms with Crippen molar-refractivity contribution in [2.45, 2.75) is 194 Å². The Morgan fingerprint density at radius 1 is 0.386 bits per heavy atom. The Labute approximate surface area is 349 Å². The minimum Gasteiger partial charge on any atom is -0.462 e. The summed E-state index contributed by atoms with van der Waals surface area (Å²) in [5.41, 5.74) is 0. The van der Waals surface area contributed by atoms with Gasteiger partial charge in [0, 0.05) is 12.8 Å². The number of allylic oxidation sites excluding steroid dienone is 15. The zero-order chi connectivity index (χ0) is 41.5. The topological polar surface area (TPSA) is 78.9 Å². The second-order valence-electron chi connectivity index (χ2n) is 14.6. The number of esters is 3. The Balaban J connectivity index is 4.52. The smallest absolute Gasteiger partial charge is 0.309 e. The number of rotatable bonds is 39. The van der Waals surface area contributed by atoms with Crippen molar-refractivity contribution in [1.29, 1.82) is 0 Å². The fraction of sp³-hybridized carbons (Fsp3) is 0.627. The Morgan fingerprint density at radius 3 is 1.21 bits per heavy atom. The van der Waals surface area contributed by atoms with Gasteiger partial charge in [-0.15, -0.1) is 0 Å².